The van der Waals surface area contributed by atoms with Gasteiger partial charge in [0.15, 0.2) is 0 Å². The van der Waals surface area contributed by atoms with Crippen molar-refractivity contribution in [2.75, 3.05) is 19.7 Å². The maximum absolute atomic E-state index is 13.2. The molecule has 7 nitrogen and oxygen atoms in total. The molecule has 1 aromatic rings. The Kier molecular flexibility index (Phi) is 5.74. The summed E-state index contributed by atoms with van der Waals surface area (Å²) in [5.74, 6) is -1.35. The number of carbonyl (C=O) groups excluding carboxylic acids is 3. The van der Waals surface area contributed by atoms with Crippen LogP contribution in [0.25, 0.3) is 0 Å². The van der Waals surface area contributed by atoms with E-state index in [-0.39, 0.29) is 24.3 Å². The van der Waals surface area contributed by atoms with Crippen molar-refractivity contribution in [2.45, 2.75) is 51.8 Å². The fourth-order valence-electron chi connectivity index (χ4n) is 3.97. The number of carboxylic acids is 1. The van der Waals surface area contributed by atoms with E-state index in [1.54, 1.807) is 17.0 Å². The monoisotopic (exact) mass is 387 g/mol. The average molecular weight is 387 g/mol. The van der Waals surface area contributed by atoms with Crippen LogP contribution in [0.4, 0.5) is 0 Å². The van der Waals surface area contributed by atoms with Gasteiger partial charge in [-0.3, -0.25) is 14.5 Å². The lowest BCUT2D eigenvalue weighted by molar-refractivity contribution is -0.310. The van der Waals surface area contributed by atoms with Crippen LogP contribution in [0.15, 0.2) is 24.3 Å². The van der Waals surface area contributed by atoms with Crippen LogP contribution in [0.2, 0.25) is 0 Å². The highest BCUT2D eigenvalue weighted by Crippen LogP contribution is 2.38. The molecule has 3 rings (SSSR count). The van der Waals surface area contributed by atoms with Crippen molar-refractivity contribution in [2.24, 2.45) is 5.92 Å². The number of piperidine rings is 1. The van der Waals surface area contributed by atoms with Crippen molar-refractivity contribution in [3.63, 3.8) is 0 Å². The number of hydrogen-bond donors (Lipinski definition) is 0. The Morgan fingerprint density at radius 2 is 1.79 bits per heavy atom. The highest BCUT2D eigenvalue weighted by Gasteiger charge is 2.52. The minimum atomic E-state index is -1.32. The lowest BCUT2D eigenvalue weighted by atomic mass is 9.96. The summed E-state index contributed by atoms with van der Waals surface area (Å²) in [4.78, 5) is 40.3. The minimum Gasteiger partial charge on any atom is -0.548 e. The fraction of sp³-hybridized carbons (Fsp3) is 0.571. The molecule has 28 heavy (non-hydrogen) atoms. The quantitative estimate of drug-likeness (QED) is 0.767. The first-order chi connectivity index (χ1) is 13.2. The average Bonchev–Trinajstić information content (AvgIpc) is 3.00. The Bertz CT molecular complexity index is 751. The molecule has 0 saturated carbocycles. The lowest BCUT2D eigenvalue weighted by Gasteiger charge is -2.45. The van der Waals surface area contributed by atoms with Crippen LogP contribution < -0.4 is 5.11 Å². The normalized spacial score (nSPS) is 21.4. The summed E-state index contributed by atoms with van der Waals surface area (Å²) in [6.45, 7) is 6.68. The van der Waals surface area contributed by atoms with E-state index in [0.717, 1.165) is 5.56 Å². The van der Waals surface area contributed by atoms with Crippen LogP contribution in [0.1, 0.15) is 49.0 Å². The predicted molar refractivity (Wildman–Crippen MR) is 100 cm³/mol. The molecule has 152 valence electrons. The number of ether oxygens (including phenoxy) is 1. The number of amides is 2. The molecule has 0 aliphatic carbocycles. The minimum absolute atomic E-state index is 0.0794. The van der Waals surface area contributed by atoms with Crippen LogP contribution in [-0.4, -0.2) is 59.0 Å². The van der Waals surface area contributed by atoms with E-state index >= 15 is 0 Å². The number of aliphatic carboxylic acids is 1. The second-order valence-corrected chi connectivity index (χ2v) is 8.11. The lowest BCUT2D eigenvalue weighted by Crippen LogP contribution is -2.60. The SMILES string of the molecule is Cc1ccc(C(=O)N2[C@H](C(=O)[O-])COC23CCN(C(=O)CC(C)C)CC3)cc1. The molecule has 7 heteroatoms. The van der Waals surface area contributed by atoms with Crippen LogP contribution >= 0.6 is 0 Å². The van der Waals surface area contributed by atoms with Gasteiger partial charge in [-0.2, -0.15) is 0 Å². The third kappa shape index (κ3) is 3.90. The molecular weight excluding hydrogens is 360 g/mol. The number of carbonyl (C=O) groups is 3. The first kappa shape index (κ1) is 20.3. The van der Waals surface area contributed by atoms with E-state index in [9.17, 15) is 19.5 Å². The smallest absolute Gasteiger partial charge is 0.256 e. The van der Waals surface area contributed by atoms with Gasteiger partial charge in [0.2, 0.25) is 5.91 Å². The molecular formula is C21H27N2O5-. The molecule has 1 atom stereocenters. The van der Waals surface area contributed by atoms with E-state index in [2.05, 4.69) is 0 Å². The van der Waals surface area contributed by atoms with E-state index in [1.807, 2.05) is 32.9 Å². The van der Waals surface area contributed by atoms with Crippen molar-refractivity contribution >= 4 is 17.8 Å². The third-order valence-corrected chi connectivity index (χ3v) is 5.53. The van der Waals surface area contributed by atoms with Crippen LogP contribution in [0, 0.1) is 12.8 Å². The fourth-order valence-corrected chi connectivity index (χ4v) is 3.97. The van der Waals surface area contributed by atoms with E-state index in [4.69, 9.17) is 4.74 Å². The number of likely N-dealkylation sites (tertiary alicyclic amines) is 1. The van der Waals surface area contributed by atoms with Crippen molar-refractivity contribution in [3.05, 3.63) is 35.4 Å². The van der Waals surface area contributed by atoms with Gasteiger partial charge in [0.05, 0.1) is 18.6 Å². The summed E-state index contributed by atoms with van der Waals surface area (Å²) in [7, 11) is 0. The molecule has 2 aliphatic rings. The van der Waals surface area contributed by atoms with Gasteiger partial charge in [-0.15, -0.1) is 0 Å². The maximum atomic E-state index is 13.2. The van der Waals surface area contributed by atoms with Crippen molar-refractivity contribution in [3.8, 4) is 0 Å². The summed E-state index contributed by atoms with van der Waals surface area (Å²) in [6.07, 6.45) is 1.25. The molecule has 2 heterocycles. The molecule has 0 N–H and O–H groups in total. The summed E-state index contributed by atoms with van der Waals surface area (Å²) < 4.78 is 5.89. The Hall–Kier alpha value is -2.41. The zero-order chi connectivity index (χ0) is 20.5. The number of rotatable bonds is 4. The Balaban J connectivity index is 1.81. The van der Waals surface area contributed by atoms with Gasteiger partial charge in [-0.25, -0.2) is 0 Å². The Labute approximate surface area is 165 Å². The first-order valence-corrected chi connectivity index (χ1v) is 9.76. The molecule has 2 aliphatic heterocycles. The van der Waals surface area contributed by atoms with Gasteiger partial charge < -0.3 is 19.5 Å². The molecule has 2 fully saturated rings. The Morgan fingerprint density at radius 1 is 1.18 bits per heavy atom. The molecule has 2 saturated heterocycles. The zero-order valence-electron chi connectivity index (χ0n) is 16.6. The van der Waals surface area contributed by atoms with Crippen LogP contribution in [0.5, 0.6) is 0 Å². The molecule has 2 amide bonds. The number of carboxylic acid groups (broad SMARTS) is 1. The highest BCUT2D eigenvalue weighted by atomic mass is 16.5. The zero-order valence-corrected chi connectivity index (χ0v) is 16.6. The molecule has 0 bridgehead atoms. The first-order valence-electron chi connectivity index (χ1n) is 9.76. The number of benzene rings is 1. The van der Waals surface area contributed by atoms with E-state index < -0.39 is 17.7 Å². The summed E-state index contributed by atoms with van der Waals surface area (Å²) in [5.41, 5.74) is 0.416. The molecule has 1 spiro atoms. The Morgan fingerprint density at radius 3 is 2.32 bits per heavy atom. The van der Waals surface area contributed by atoms with Crippen molar-refractivity contribution < 1.29 is 24.2 Å². The highest BCUT2D eigenvalue weighted by molar-refractivity contribution is 5.97. The van der Waals surface area contributed by atoms with Gasteiger partial charge in [0.25, 0.3) is 5.91 Å². The second-order valence-electron chi connectivity index (χ2n) is 8.11. The number of hydrogen-bond acceptors (Lipinski definition) is 5. The third-order valence-electron chi connectivity index (χ3n) is 5.53. The summed E-state index contributed by atoms with van der Waals surface area (Å²) in [5, 5.41) is 11.7. The molecule has 0 aromatic heterocycles. The van der Waals surface area contributed by atoms with Crippen LogP contribution in [0.3, 0.4) is 0 Å². The van der Waals surface area contributed by atoms with E-state index in [1.165, 1.54) is 4.90 Å². The second kappa shape index (κ2) is 7.91. The summed E-state index contributed by atoms with van der Waals surface area (Å²) in [6, 6.07) is 5.89. The molecule has 0 unspecified atom stereocenters. The van der Waals surface area contributed by atoms with Crippen molar-refractivity contribution in [1.29, 1.82) is 0 Å². The van der Waals surface area contributed by atoms with Crippen molar-refractivity contribution in [1.82, 2.24) is 9.80 Å². The number of nitrogens with zero attached hydrogens (tertiary/aromatic N) is 2. The van der Waals surface area contributed by atoms with Gasteiger partial charge in [0.1, 0.15) is 5.72 Å². The van der Waals surface area contributed by atoms with Gasteiger partial charge in [0, 0.05) is 37.9 Å². The topological polar surface area (TPSA) is 90.0 Å². The molecule has 0 radical (unpaired) electrons. The van der Waals surface area contributed by atoms with Gasteiger partial charge in [-0.05, 0) is 25.0 Å². The van der Waals surface area contributed by atoms with E-state index in [0.29, 0.717) is 37.9 Å². The standard InChI is InChI=1S/C21H28N2O5/c1-14(2)12-18(24)22-10-8-21(9-11-22)23(17(13-28-21)20(26)27)19(25)16-6-4-15(3)5-7-16/h4-7,14,17H,8-13H2,1-3H3,(H,26,27)/p-1/t17-/m0/s1. The van der Waals surface area contributed by atoms with Crippen LogP contribution in [-0.2, 0) is 14.3 Å². The largest absolute Gasteiger partial charge is 0.548 e. The predicted octanol–water partition coefficient (Wildman–Crippen LogP) is 0.951. The van der Waals surface area contributed by atoms with Gasteiger partial charge >= 0.3 is 0 Å². The molecule has 1 aromatic carbocycles. The maximum Gasteiger partial charge on any atom is 0.256 e. The van der Waals surface area contributed by atoms with Gasteiger partial charge in [-0.1, -0.05) is 31.5 Å². The number of aryl methyl sites for hydroxylation is 1. The summed E-state index contributed by atoms with van der Waals surface area (Å²) >= 11 is 0.